The molecule has 2 rings (SSSR count). The van der Waals surface area contributed by atoms with Gasteiger partial charge in [0, 0.05) is 6.42 Å². The predicted molar refractivity (Wildman–Crippen MR) is 61.2 cm³/mol. The molecule has 0 aliphatic heterocycles. The van der Waals surface area contributed by atoms with E-state index in [0.29, 0.717) is 11.3 Å². The SMILES string of the molecule is CC(C)(Cc1nc2c(F)cccc2[nH]1)C(=O)O. The van der Waals surface area contributed by atoms with Gasteiger partial charge in [-0.05, 0) is 26.0 Å². The van der Waals surface area contributed by atoms with Crippen LogP contribution in [-0.2, 0) is 11.2 Å². The molecule has 2 N–H and O–H groups in total. The van der Waals surface area contributed by atoms with Crippen molar-refractivity contribution in [1.29, 1.82) is 0 Å². The normalized spacial score (nSPS) is 11.9. The highest BCUT2D eigenvalue weighted by Crippen LogP contribution is 2.23. The number of fused-ring (bicyclic) bond motifs is 1. The number of aromatic nitrogens is 2. The maximum absolute atomic E-state index is 13.4. The molecule has 0 atom stereocenters. The molecule has 4 nitrogen and oxygen atoms in total. The molecule has 0 bridgehead atoms. The van der Waals surface area contributed by atoms with E-state index in [2.05, 4.69) is 9.97 Å². The number of H-pyrrole nitrogens is 1. The number of nitrogens with zero attached hydrogens (tertiary/aromatic N) is 1. The molecule has 1 heterocycles. The number of halogens is 1. The first-order valence-corrected chi connectivity index (χ1v) is 5.27. The molecule has 5 heteroatoms. The van der Waals surface area contributed by atoms with E-state index in [1.807, 2.05) is 0 Å². The molecule has 90 valence electrons. The van der Waals surface area contributed by atoms with Gasteiger partial charge in [0.2, 0.25) is 0 Å². The van der Waals surface area contributed by atoms with Gasteiger partial charge < -0.3 is 10.1 Å². The van der Waals surface area contributed by atoms with Gasteiger partial charge >= 0.3 is 5.97 Å². The van der Waals surface area contributed by atoms with E-state index in [0.717, 1.165) is 0 Å². The van der Waals surface area contributed by atoms with Crippen LogP contribution in [0.4, 0.5) is 4.39 Å². The summed E-state index contributed by atoms with van der Waals surface area (Å²) in [5.41, 5.74) is -0.0884. The number of hydrogen-bond donors (Lipinski definition) is 2. The van der Waals surface area contributed by atoms with Crippen molar-refractivity contribution in [2.45, 2.75) is 20.3 Å². The average molecular weight is 236 g/mol. The zero-order valence-electron chi connectivity index (χ0n) is 9.62. The smallest absolute Gasteiger partial charge is 0.309 e. The Morgan fingerprint density at radius 1 is 1.53 bits per heavy atom. The maximum atomic E-state index is 13.4. The highest BCUT2D eigenvalue weighted by atomic mass is 19.1. The van der Waals surface area contributed by atoms with Crippen LogP contribution in [-0.4, -0.2) is 21.0 Å². The molecule has 1 aromatic carbocycles. The van der Waals surface area contributed by atoms with Gasteiger partial charge in [-0.2, -0.15) is 0 Å². The van der Waals surface area contributed by atoms with Gasteiger partial charge in [-0.3, -0.25) is 4.79 Å². The van der Waals surface area contributed by atoms with Crippen LogP contribution in [0.15, 0.2) is 18.2 Å². The summed E-state index contributed by atoms with van der Waals surface area (Å²) in [6.07, 6.45) is 0.233. The monoisotopic (exact) mass is 236 g/mol. The minimum absolute atomic E-state index is 0.233. The molecule has 0 radical (unpaired) electrons. The molecule has 17 heavy (non-hydrogen) atoms. The van der Waals surface area contributed by atoms with Crippen LogP contribution in [0.3, 0.4) is 0 Å². The number of aromatic amines is 1. The Hall–Kier alpha value is -1.91. The predicted octanol–water partition coefficient (Wildman–Crippen LogP) is 2.36. The second kappa shape index (κ2) is 3.84. The van der Waals surface area contributed by atoms with Crippen LogP contribution in [0.5, 0.6) is 0 Å². The van der Waals surface area contributed by atoms with E-state index < -0.39 is 17.2 Å². The van der Waals surface area contributed by atoms with Gasteiger partial charge in [0.05, 0.1) is 10.9 Å². The lowest BCUT2D eigenvalue weighted by molar-refractivity contribution is -0.146. The largest absolute Gasteiger partial charge is 0.481 e. The van der Waals surface area contributed by atoms with Crippen LogP contribution < -0.4 is 0 Å². The van der Waals surface area contributed by atoms with Crippen molar-refractivity contribution in [3.05, 3.63) is 29.8 Å². The van der Waals surface area contributed by atoms with Crippen molar-refractivity contribution in [3.8, 4) is 0 Å². The summed E-state index contributed by atoms with van der Waals surface area (Å²) in [4.78, 5) is 18.0. The summed E-state index contributed by atoms with van der Waals surface area (Å²) in [6, 6.07) is 4.62. The quantitative estimate of drug-likeness (QED) is 0.859. The van der Waals surface area contributed by atoms with E-state index in [1.54, 1.807) is 26.0 Å². The van der Waals surface area contributed by atoms with Crippen LogP contribution in [0.2, 0.25) is 0 Å². The van der Waals surface area contributed by atoms with Crippen molar-refractivity contribution < 1.29 is 14.3 Å². The average Bonchev–Trinajstić information content (AvgIpc) is 2.60. The first-order chi connectivity index (χ1) is 7.90. The third kappa shape index (κ3) is 2.13. The summed E-state index contributed by atoms with van der Waals surface area (Å²) in [7, 11) is 0. The minimum Gasteiger partial charge on any atom is -0.481 e. The number of benzene rings is 1. The lowest BCUT2D eigenvalue weighted by atomic mass is 9.89. The van der Waals surface area contributed by atoms with Crippen LogP contribution in [0, 0.1) is 11.2 Å². The van der Waals surface area contributed by atoms with Gasteiger partial charge in [-0.1, -0.05) is 6.07 Å². The molecule has 1 aromatic heterocycles. The number of imidazole rings is 1. The third-order valence-electron chi connectivity index (χ3n) is 2.70. The van der Waals surface area contributed by atoms with Crippen molar-refractivity contribution in [2.24, 2.45) is 5.41 Å². The lowest BCUT2D eigenvalue weighted by Crippen LogP contribution is -2.26. The Balaban J connectivity index is 2.38. The molecular weight excluding hydrogens is 223 g/mol. The lowest BCUT2D eigenvalue weighted by Gasteiger charge is -2.16. The Kier molecular flexibility index (Phi) is 2.61. The van der Waals surface area contributed by atoms with Gasteiger partial charge in [0.25, 0.3) is 0 Å². The Bertz CT molecular complexity index is 575. The first kappa shape index (κ1) is 11.6. The molecular formula is C12H13FN2O2. The Morgan fingerprint density at radius 3 is 2.82 bits per heavy atom. The fraction of sp³-hybridized carbons (Fsp3) is 0.333. The first-order valence-electron chi connectivity index (χ1n) is 5.27. The molecule has 0 spiro atoms. The topological polar surface area (TPSA) is 66.0 Å². The van der Waals surface area contributed by atoms with E-state index in [9.17, 15) is 9.18 Å². The number of rotatable bonds is 3. The Morgan fingerprint density at radius 2 is 2.24 bits per heavy atom. The van der Waals surface area contributed by atoms with Crippen molar-refractivity contribution in [1.82, 2.24) is 9.97 Å². The molecule has 0 unspecified atom stereocenters. The number of para-hydroxylation sites is 1. The van der Waals surface area contributed by atoms with Crippen LogP contribution >= 0.6 is 0 Å². The van der Waals surface area contributed by atoms with Gasteiger partial charge in [-0.25, -0.2) is 9.37 Å². The zero-order chi connectivity index (χ0) is 12.6. The maximum Gasteiger partial charge on any atom is 0.309 e. The number of carboxylic acid groups (broad SMARTS) is 1. The molecule has 0 saturated carbocycles. The van der Waals surface area contributed by atoms with Crippen molar-refractivity contribution >= 4 is 17.0 Å². The van der Waals surface area contributed by atoms with Gasteiger partial charge in [0.1, 0.15) is 11.3 Å². The third-order valence-corrected chi connectivity index (χ3v) is 2.70. The van der Waals surface area contributed by atoms with Crippen molar-refractivity contribution in [2.75, 3.05) is 0 Å². The van der Waals surface area contributed by atoms with Crippen molar-refractivity contribution in [3.63, 3.8) is 0 Å². The standard InChI is InChI=1S/C12H13FN2O2/c1-12(2,11(16)17)6-9-14-8-5-3-4-7(13)10(8)15-9/h3-5H,6H2,1-2H3,(H,14,15)(H,16,17). The highest BCUT2D eigenvalue weighted by molar-refractivity contribution is 5.76. The van der Waals surface area contributed by atoms with Crippen LogP contribution in [0.1, 0.15) is 19.7 Å². The zero-order valence-corrected chi connectivity index (χ0v) is 9.62. The van der Waals surface area contributed by atoms with Gasteiger partial charge in [-0.15, -0.1) is 0 Å². The van der Waals surface area contributed by atoms with E-state index in [-0.39, 0.29) is 11.9 Å². The Labute approximate surface area is 97.5 Å². The molecule has 0 saturated heterocycles. The summed E-state index contributed by atoms with van der Waals surface area (Å²) < 4.78 is 13.4. The van der Waals surface area contributed by atoms with Crippen LogP contribution in [0.25, 0.3) is 11.0 Å². The summed E-state index contributed by atoms with van der Waals surface area (Å²) in [6.45, 7) is 3.22. The summed E-state index contributed by atoms with van der Waals surface area (Å²) in [5.74, 6) is -0.825. The fourth-order valence-electron chi connectivity index (χ4n) is 1.63. The molecule has 0 aliphatic carbocycles. The molecule has 0 amide bonds. The van der Waals surface area contributed by atoms with E-state index in [1.165, 1.54) is 6.07 Å². The second-order valence-corrected chi connectivity index (χ2v) is 4.69. The molecule has 0 aliphatic rings. The summed E-state index contributed by atoms with van der Waals surface area (Å²) in [5, 5.41) is 9.02. The number of nitrogens with one attached hydrogen (secondary N) is 1. The number of aliphatic carboxylic acids is 1. The second-order valence-electron chi connectivity index (χ2n) is 4.69. The fourth-order valence-corrected chi connectivity index (χ4v) is 1.63. The summed E-state index contributed by atoms with van der Waals surface area (Å²) >= 11 is 0. The highest BCUT2D eigenvalue weighted by Gasteiger charge is 2.28. The number of carbonyl (C=O) groups is 1. The van der Waals surface area contributed by atoms with Gasteiger partial charge in [0.15, 0.2) is 5.82 Å². The minimum atomic E-state index is -0.926. The molecule has 2 aromatic rings. The van der Waals surface area contributed by atoms with E-state index in [4.69, 9.17) is 5.11 Å². The number of hydrogen-bond acceptors (Lipinski definition) is 2. The molecule has 0 fully saturated rings. The van der Waals surface area contributed by atoms with E-state index >= 15 is 0 Å². The number of carboxylic acids is 1.